The van der Waals surface area contributed by atoms with Gasteiger partial charge in [-0.1, -0.05) is 0 Å². The number of rotatable bonds is 1. The molecule has 0 spiro atoms. The van der Waals surface area contributed by atoms with Gasteiger partial charge in [-0.15, -0.1) is 5.10 Å². The molecule has 0 amide bonds. The molecule has 4 nitrogen and oxygen atoms in total. The average molecular weight is 207 g/mol. The first-order valence-electron chi connectivity index (χ1n) is 5.93. The summed E-state index contributed by atoms with van der Waals surface area (Å²) in [4.78, 5) is 0. The second kappa shape index (κ2) is 3.22. The molecule has 4 aliphatic rings. The third-order valence-corrected chi connectivity index (χ3v) is 4.29. The number of nitrogens with one attached hydrogen (secondary N) is 1. The van der Waals surface area contributed by atoms with Crippen molar-refractivity contribution in [3.05, 3.63) is 0 Å². The van der Waals surface area contributed by atoms with Crippen molar-refractivity contribution in [2.75, 3.05) is 0 Å². The second-order valence-corrected chi connectivity index (χ2v) is 5.41. The monoisotopic (exact) mass is 207 g/mol. The summed E-state index contributed by atoms with van der Waals surface area (Å²) >= 11 is 0. The Morgan fingerprint density at radius 1 is 1.00 bits per heavy atom. The van der Waals surface area contributed by atoms with Crippen LogP contribution in [0.3, 0.4) is 0 Å². The molecule has 4 saturated carbocycles. The first kappa shape index (κ1) is 9.19. The Morgan fingerprint density at radius 3 is 2.00 bits per heavy atom. The van der Waals surface area contributed by atoms with Gasteiger partial charge < -0.3 is 0 Å². The first-order valence-corrected chi connectivity index (χ1v) is 5.93. The summed E-state index contributed by atoms with van der Waals surface area (Å²) in [5.41, 5.74) is 12.1. The zero-order valence-corrected chi connectivity index (χ0v) is 8.95. The van der Waals surface area contributed by atoms with Crippen LogP contribution >= 0.6 is 0 Å². The summed E-state index contributed by atoms with van der Waals surface area (Å²) < 4.78 is 0. The zero-order chi connectivity index (χ0) is 10.4. The maximum absolute atomic E-state index is 5.37. The van der Waals surface area contributed by atoms with Crippen LogP contribution in [0.5, 0.6) is 0 Å². The molecule has 4 heteroatoms. The van der Waals surface area contributed by atoms with Crippen molar-refractivity contribution >= 4 is 11.7 Å². The van der Waals surface area contributed by atoms with E-state index >= 15 is 0 Å². The van der Waals surface area contributed by atoms with Gasteiger partial charge in [0, 0.05) is 11.8 Å². The van der Waals surface area contributed by atoms with Crippen molar-refractivity contribution in [1.29, 1.82) is 0 Å². The molecule has 0 atom stereocenters. The summed E-state index contributed by atoms with van der Waals surface area (Å²) in [5, 5.41) is 7.14. The minimum Gasteiger partial charge on any atom is -0.289 e. The standard InChI is InChI=1S/C11H18N4/c12-11(13)15-14-10-8-2-6-1-7(4-8)5-9(10)3-6/h6-9H,1-5H2,(H4,12,13,15)/p+1. The van der Waals surface area contributed by atoms with Crippen LogP contribution in [0.25, 0.3) is 0 Å². The van der Waals surface area contributed by atoms with Gasteiger partial charge in [-0.3, -0.25) is 11.5 Å². The highest BCUT2D eigenvalue weighted by Crippen LogP contribution is 2.52. The number of guanidine groups is 1. The molecule has 4 bridgehead atoms. The molecule has 5 N–H and O–H groups in total. The van der Waals surface area contributed by atoms with Crippen LogP contribution in [0, 0.1) is 23.7 Å². The van der Waals surface area contributed by atoms with E-state index < -0.39 is 0 Å². The smallest absolute Gasteiger partial charge is 0.289 e. The Kier molecular flexibility index (Phi) is 1.97. The Bertz CT molecular complexity index is 297. The van der Waals surface area contributed by atoms with Crippen molar-refractivity contribution in [1.82, 2.24) is 0 Å². The number of nitrogens with two attached hydrogens (primary N) is 2. The molecule has 4 aliphatic carbocycles. The molecule has 0 saturated heterocycles. The minimum atomic E-state index is 0.205. The summed E-state index contributed by atoms with van der Waals surface area (Å²) in [7, 11) is 0. The highest BCUT2D eigenvalue weighted by atomic mass is 15.3. The number of hydrogen-bond acceptors (Lipinski definition) is 1. The SMILES string of the molecule is NC(N)=[NH+]N=C1C2CC3CC(C2)CC1C3. The van der Waals surface area contributed by atoms with Crippen LogP contribution in [-0.2, 0) is 0 Å². The van der Waals surface area contributed by atoms with Gasteiger partial charge >= 0.3 is 5.96 Å². The predicted molar refractivity (Wildman–Crippen MR) is 58.8 cm³/mol. The van der Waals surface area contributed by atoms with E-state index in [1.807, 2.05) is 0 Å². The largest absolute Gasteiger partial charge is 0.362 e. The normalized spacial score (nSPS) is 41.7. The van der Waals surface area contributed by atoms with E-state index in [1.54, 1.807) is 0 Å². The van der Waals surface area contributed by atoms with Gasteiger partial charge in [-0.05, 0) is 43.9 Å². The van der Waals surface area contributed by atoms with Crippen LogP contribution in [0.4, 0.5) is 0 Å². The molecular formula is C11H19N4+. The fourth-order valence-electron chi connectivity index (χ4n) is 3.98. The quantitative estimate of drug-likeness (QED) is 0.297. The van der Waals surface area contributed by atoms with Crippen molar-refractivity contribution in [2.45, 2.75) is 32.1 Å². The van der Waals surface area contributed by atoms with E-state index in [-0.39, 0.29) is 5.96 Å². The third-order valence-electron chi connectivity index (χ3n) is 4.29. The fraction of sp³-hybridized carbons (Fsp3) is 0.818. The maximum Gasteiger partial charge on any atom is 0.362 e. The van der Waals surface area contributed by atoms with Crippen molar-refractivity contribution in [2.24, 2.45) is 40.2 Å². The summed E-state index contributed by atoms with van der Waals surface area (Å²) in [6.07, 6.45) is 6.85. The highest BCUT2D eigenvalue weighted by Gasteiger charge is 2.46. The van der Waals surface area contributed by atoms with Gasteiger partial charge in [0.1, 0.15) is 0 Å². The van der Waals surface area contributed by atoms with Crippen molar-refractivity contribution in [3.8, 4) is 0 Å². The Labute approximate surface area is 89.8 Å². The maximum atomic E-state index is 5.37. The minimum absolute atomic E-state index is 0.205. The van der Waals surface area contributed by atoms with Crippen LogP contribution in [0.1, 0.15) is 32.1 Å². The van der Waals surface area contributed by atoms with Gasteiger partial charge in [0.15, 0.2) is 0 Å². The van der Waals surface area contributed by atoms with Gasteiger partial charge in [0.2, 0.25) is 0 Å². The highest BCUT2D eigenvalue weighted by molar-refractivity contribution is 5.90. The number of hydrazone groups is 1. The van der Waals surface area contributed by atoms with E-state index in [4.69, 9.17) is 11.5 Å². The lowest BCUT2D eigenvalue weighted by Gasteiger charge is -2.49. The van der Waals surface area contributed by atoms with Gasteiger partial charge in [-0.25, -0.2) is 0 Å². The lowest BCUT2D eigenvalue weighted by atomic mass is 9.55. The summed E-state index contributed by atoms with van der Waals surface area (Å²) in [5.74, 6) is 3.59. The molecule has 15 heavy (non-hydrogen) atoms. The van der Waals surface area contributed by atoms with Crippen molar-refractivity contribution in [3.63, 3.8) is 0 Å². The van der Waals surface area contributed by atoms with Gasteiger partial charge in [0.05, 0.1) is 5.71 Å². The molecule has 82 valence electrons. The molecule has 4 fully saturated rings. The summed E-state index contributed by atoms with van der Waals surface area (Å²) in [6, 6.07) is 0. The van der Waals surface area contributed by atoms with E-state index in [0.717, 1.165) is 11.8 Å². The van der Waals surface area contributed by atoms with Crippen LogP contribution < -0.4 is 16.6 Å². The molecule has 0 aliphatic heterocycles. The van der Waals surface area contributed by atoms with Gasteiger partial charge in [-0.2, -0.15) is 5.10 Å². The van der Waals surface area contributed by atoms with E-state index in [9.17, 15) is 0 Å². The third kappa shape index (κ3) is 1.52. The van der Waals surface area contributed by atoms with E-state index in [2.05, 4.69) is 10.2 Å². The Balaban J connectivity index is 1.86. The second-order valence-electron chi connectivity index (χ2n) is 5.41. The number of hydrogen-bond donors (Lipinski definition) is 3. The molecule has 0 unspecified atom stereocenters. The molecule has 0 aromatic heterocycles. The molecule has 0 heterocycles. The lowest BCUT2D eigenvalue weighted by Crippen LogP contribution is -2.73. The van der Waals surface area contributed by atoms with Crippen LogP contribution in [0.15, 0.2) is 5.10 Å². The molecule has 4 rings (SSSR count). The predicted octanol–water partition coefficient (Wildman–Crippen LogP) is -0.847. The first-order chi connectivity index (χ1) is 7.22. The van der Waals surface area contributed by atoms with Crippen LogP contribution in [0.2, 0.25) is 0 Å². The van der Waals surface area contributed by atoms with E-state index in [0.29, 0.717) is 11.8 Å². The molecule has 0 aromatic rings. The van der Waals surface area contributed by atoms with Gasteiger partial charge in [0.25, 0.3) is 0 Å². The molecular weight excluding hydrogens is 188 g/mol. The summed E-state index contributed by atoms with van der Waals surface area (Å²) in [6.45, 7) is 0. The van der Waals surface area contributed by atoms with E-state index in [1.165, 1.54) is 37.8 Å². The topological polar surface area (TPSA) is 78.4 Å². The fourth-order valence-corrected chi connectivity index (χ4v) is 3.98. The molecule has 0 radical (unpaired) electrons. The van der Waals surface area contributed by atoms with Crippen molar-refractivity contribution < 1.29 is 5.10 Å². The number of nitrogens with zero attached hydrogens (tertiary/aromatic N) is 1. The van der Waals surface area contributed by atoms with Crippen LogP contribution in [-0.4, -0.2) is 11.7 Å². The lowest BCUT2D eigenvalue weighted by molar-refractivity contribution is -0.465. The Morgan fingerprint density at radius 2 is 1.53 bits per heavy atom. The average Bonchev–Trinajstić information content (AvgIpc) is 2.14. The Hall–Kier alpha value is -1.06. The zero-order valence-electron chi connectivity index (χ0n) is 8.95. The molecule has 0 aromatic carbocycles.